The summed E-state index contributed by atoms with van der Waals surface area (Å²) < 4.78 is 6.84. The van der Waals surface area contributed by atoms with Gasteiger partial charge in [0, 0.05) is 54.1 Å². The van der Waals surface area contributed by atoms with E-state index in [2.05, 4.69) is 29.2 Å². The fourth-order valence-corrected chi connectivity index (χ4v) is 4.48. The van der Waals surface area contributed by atoms with Gasteiger partial charge in [-0.1, -0.05) is 13.8 Å². The Morgan fingerprint density at radius 3 is 2.65 bits per heavy atom. The summed E-state index contributed by atoms with van der Waals surface area (Å²) in [5.74, 6) is -0.336. The maximum atomic E-state index is 12.3. The van der Waals surface area contributed by atoms with Gasteiger partial charge in [-0.25, -0.2) is 9.50 Å². The lowest BCUT2D eigenvalue weighted by Gasteiger charge is -2.45. The van der Waals surface area contributed by atoms with Gasteiger partial charge in [-0.15, -0.1) is 0 Å². The van der Waals surface area contributed by atoms with Gasteiger partial charge < -0.3 is 25.8 Å². The van der Waals surface area contributed by atoms with Crippen molar-refractivity contribution in [2.45, 2.75) is 39.3 Å². The molecule has 180 valence electrons. The molecule has 3 aromatic rings. The van der Waals surface area contributed by atoms with Gasteiger partial charge in [0.1, 0.15) is 6.10 Å². The van der Waals surface area contributed by atoms with Gasteiger partial charge in [0.25, 0.3) is 11.8 Å². The van der Waals surface area contributed by atoms with Gasteiger partial charge >= 0.3 is 0 Å². The molecule has 10 heteroatoms. The van der Waals surface area contributed by atoms with Crippen LogP contribution in [0.25, 0.3) is 16.6 Å². The first-order chi connectivity index (χ1) is 16.1. The number of aromatic nitrogens is 3. The van der Waals surface area contributed by atoms with Gasteiger partial charge in [-0.3, -0.25) is 9.59 Å². The molecule has 2 amide bonds. The molecule has 2 atom stereocenters. The average Bonchev–Trinajstić information content (AvgIpc) is 3.24. The molecule has 2 unspecified atom stereocenters. The van der Waals surface area contributed by atoms with Crippen molar-refractivity contribution < 1.29 is 19.4 Å². The van der Waals surface area contributed by atoms with Crippen LogP contribution in [0.15, 0.2) is 36.8 Å². The van der Waals surface area contributed by atoms with Crippen molar-refractivity contribution in [1.82, 2.24) is 19.5 Å². The van der Waals surface area contributed by atoms with Crippen LogP contribution in [0, 0.1) is 5.41 Å². The number of nitrogens with zero attached hydrogens (tertiary/aromatic N) is 4. The second kappa shape index (κ2) is 8.94. The number of aliphatic hydroxyl groups excluding tert-OH is 1. The number of carbonyl (C=O) groups is 2. The zero-order valence-electron chi connectivity index (χ0n) is 19.8. The largest absolute Gasteiger partial charge is 0.481 e. The Morgan fingerprint density at radius 2 is 2.06 bits per heavy atom. The van der Waals surface area contributed by atoms with Crippen LogP contribution >= 0.6 is 0 Å². The number of carbonyl (C=O) groups excluding carboxylic acids is 2. The number of fused-ring (bicyclic) bond motifs is 1. The van der Waals surface area contributed by atoms with Gasteiger partial charge in [0.05, 0.1) is 30.1 Å². The number of piperidine rings is 1. The van der Waals surface area contributed by atoms with Gasteiger partial charge in [0.2, 0.25) is 5.88 Å². The molecule has 0 aliphatic carbocycles. The molecule has 1 fully saturated rings. The van der Waals surface area contributed by atoms with E-state index >= 15 is 0 Å². The van der Waals surface area contributed by atoms with Crippen LogP contribution in [0.1, 0.15) is 37.6 Å². The number of hydrogen-bond donors (Lipinski definition) is 3. The molecule has 0 bridgehead atoms. The van der Waals surface area contributed by atoms with E-state index in [0.29, 0.717) is 42.2 Å². The number of nitrogens with two attached hydrogens (primary N) is 1. The molecule has 34 heavy (non-hydrogen) atoms. The second-order valence-corrected chi connectivity index (χ2v) is 9.36. The zero-order valence-corrected chi connectivity index (χ0v) is 19.8. The van der Waals surface area contributed by atoms with Crippen molar-refractivity contribution in [3.8, 4) is 17.0 Å². The van der Waals surface area contributed by atoms with E-state index in [1.165, 1.54) is 13.1 Å². The van der Waals surface area contributed by atoms with Crippen LogP contribution in [-0.2, 0) is 4.79 Å². The highest BCUT2D eigenvalue weighted by atomic mass is 16.5. The highest BCUT2D eigenvalue weighted by Crippen LogP contribution is 2.35. The summed E-state index contributed by atoms with van der Waals surface area (Å²) in [5.41, 5.74) is 8.72. The Kier molecular flexibility index (Phi) is 6.18. The van der Waals surface area contributed by atoms with Crippen molar-refractivity contribution in [3.63, 3.8) is 0 Å². The Hall–Kier alpha value is -3.66. The van der Waals surface area contributed by atoms with E-state index in [-0.39, 0.29) is 17.4 Å². The van der Waals surface area contributed by atoms with E-state index in [9.17, 15) is 14.7 Å². The van der Waals surface area contributed by atoms with Crippen LogP contribution < -0.4 is 15.8 Å². The van der Waals surface area contributed by atoms with Crippen molar-refractivity contribution in [3.05, 3.63) is 42.4 Å². The molecule has 0 spiro atoms. The molecule has 0 saturated carbocycles. The smallest absolute Gasteiger partial charge is 0.252 e. The first kappa shape index (κ1) is 23.5. The fraction of sp³-hybridized carbons (Fsp3) is 0.417. The maximum absolute atomic E-state index is 12.3. The molecule has 0 aromatic carbocycles. The molecule has 1 aliphatic heterocycles. The molecule has 0 radical (unpaired) electrons. The monoisotopic (exact) mass is 466 g/mol. The molecule has 10 nitrogen and oxygen atoms in total. The predicted molar refractivity (Wildman–Crippen MR) is 128 cm³/mol. The third-order valence-corrected chi connectivity index (χ3v) is 6.40. The highest BCUT2D eigenvalue weighted by Gasteiger charge is 2.39. The lowest BCUT2D eigenvalue weighted by molar-refractivity contribution is -0.142. The summed E-state index contributed by atoms with van der Waals surface area (Å²) in [6, 6.07) is 5.57. The summed E-state index contributed by atoms with van der Waals surface area (Å²) in [4.78, 5) is 30.5. The molecular formula is C24H30N6O4. The molecule has 4 rings (SSSR count). The number of likely N-dealkylation sites (tertiary alicyclic amines) is 1. The minimum atomic E-state index is -1.03. The number of pyridine rings is 1. The van der Waals surface area contributed by atoms with E-state index in [4.69, 9.17) is 10.5 Å². The Morgan fingerprint density at radius 1 is 1.29 bits per heavy atom. The highest BCUT2D eigenvalue weighted by molar-refractivity contribution is 6.02. The third kappa shape index (κ3) is 4.41. The molecule has 4 heterocycles. The number of primary amides is 1. The third-order valence-electron chi connectivity index (χ3n) is 6.40. The summed E-state index contributed by atoms with van der Waals surface area (Å²) in [7, 11) is 1.56. The zero-order chi connectivity index (χ0) is 24.6. The topological polar surface area (TPSA) is 135 Å². The van der Waals surface area contributed by atoms with Crippen molar-refractivity contribution in [2.75, 3.05) is 25.5 Å². The Balaban J connectivity index is 1.69. The number of rotatable bonds is 6. The molecule has 3 aromatic heterocycles. The van der Waals surface area contributed by atoms with Crippen LogP contribution in [0.2, 0.25) is 0 Å². The lowest BCUT2D eigenvalue weighted by Crippen LogP contribution is -2.55. The summed E-state index contributed by atoms with van der Waals surface area (Å²) >= 11 is 0. The van der Waals surface area contributed by atoms with Crippen LogP contribution in [-0.4, -0.2) is 68.8 Å². The molecule has 1 aliphatic rings. The summed E-state index contributed by atoms with van der Waals surface area (Å²) in [6.45, 7) is 6.57. The van der Waals surface area contributed by atoms with Crippen LogP contribution in [0.5, 0.6) is 5.88 Å². The average molecular weight is 467 g/mol. The standard InChI is InChI=1S/C24H30N6O4/c1-14(31)23(33)29-8-7-19(24(2,3)13-29)28-21-17(22(25)32)11-27-30-12-16(9-18(21)30)15-5-6-20(34-4)26-10-15/h5-6,9-12,14,19,28,31H,7-8,13H2,1-4H3,(H2,25,32). The number of amides is 2. The Bertz CT molecular complexity index is 1220. The fourth-order valence-electron chi connectivity index (χ4n) is 4.48. The summed E-state index contributed by atoms with van der Waals surface area (Å²) in [6.07, 6.45) is 4.66. The van der Waals surface area contributed by atoms with E-state index in [1.54, 1.807) is 28.8 Å². The minimum Gasteiger partial charge on any atom is -0.481 e. The van der Waals surface area contributed by atoms with Crippen LogP contribution in [0.3, 0.4) is 0 Å². The summed E-state index contributed by atoms with van der Waals surface area (Å²) in [5, 5.41) is 17.6. The number of nitrogens with one attached hydrogen (secondary N) is 1. The van der Waals surface area contributed by atoms with Gasteiger partial charge in [0.15, 0.2) is 0 Å². The van der Waals surface area contributed by atoms with Crippen molar-refractivity contribution in [2.24, 2.45) is 11.1 Å². The normalized spacial score (nSPS) is 18.5. The van der Waals surface area contributed by atoms with E-state index in [1.807, 2.05) is 18.3 Å². The van der Waals surface area contributed by atoms with Gasteiger partial charge in [-0.05, 0) is 25.5 Å². The number of anilines is 1. The Labute approximate surface area is 197 Å². The minimum absolute atomic E-state index is 0.0455. The maximum Gasteiger partial charge on any atom is 0.252 e. The SMILES string of the molecule is COc1ccc(-c2cc3c(NC4CCN(C(=O)C(C)O)CC4(C)C)c(C(N)=O)cnn3c2)cn1. The number of hydrogen-bond acceptors (Lipinski definition) is 7. The number of aliphatic hydroxyl groups is 1. The van der Waals surface area contributed by atoms with E-state index in [0.717, 1.165) is 11.1 Å². The molecular weight excluding hydrogens is 436 g/mol. The number of ether oxygens (including phenoxy) is 1. The quantitative estimate of drug-likeness (QED) is 0.505. The number of methoxy groups -OCH3 is 1. The van der Waals surface area contributed by atoms with Crippen molar-refractivity contribution >= 4 is 23.0 Å². The molecule has 1 saturated heterocycles. The van der Waals surface area contributed by atoms with Gasteiger partial charge in [-0.2, -0.15) is 5.10 Å². The first-order valence-corrected chi connectivity index (χ1v) is 11.2. The predicted octanol–water partition coefficient (Wildman–Crippen LogP) is 1.92. The first-order valence-electron chi connectivity index (χ1n) is 11.2. The van der Waals surface area contributed by atoms with Crippen molar-refractivity contribution in [1.29, 1.82) is 0 Å². The van der Waals surface area contributed by atoms with E-state index < -0.39 is 12.0 Å². The second-order valence-electron chi connectivity index (χ2n) is 9.36. The molecule has 4 N–H and O–H groups in total. The lowest BCUT2D eigenvalue weighted by atomic mass is 9.78. The van der Waals surface area contributed by atoms with Crippen LogP contribution in [0.4, 0.5) is 5.69 Å².